The first-order valence-electron chi connectivity index (χ1n) is 14.2. The van der Waals surface area contributed by atoms with Crippen molar-refractivity contribution in [2.45, 2.75) is 0 Å². The molecule has 0 unspecified atom stereocenters. The number of aromatic nitrogens is 4. The van der Waals surface area contributed by atoms with E-state index in [1.807, 2.05) is 30.6 Å². The first-order chi connectivity index (χ1) is 20.8. The molecular formula is C38H24N4. The monoisotopic (exact) mass is 536 g/mol. The molecule has 5 aromatic carbocycles. The summed E-state index contributed by atoms with van der Waals surface area (Å²) < 4.78 is 4.63. The summed E-state index contributed by atoms with van der Waals surface area (Å²) in [5, 5.41) is 5.98. The Morgan fingerprint density at radius 3 is 2.00 bits per heavy atom. The molecule has 4 aromatic heterocycles. The highest BCUT2D eigenvalue weighted by Gasteiger charge is 2.17. The fraction of sp³-hybridized carbons (Fsp3) is 0. The molecule has 0 aliphatic carbocycles. The van der Waals surface area contributed by atoms with Gasteiger partial charge in [0, 0.05) is 45.0 Å². The minimum Gasteiger partial charge on any atom is -0.309 e. The first kappa shape index (κ1) is 23.0. The van der Waals surface area contributed by atoms with Gasteiger partial charge in [-0.1, -0.05) is 78.9 Å². The summed E-state index contributed by atoms with van der Waals surface area (Å²) in [5.41, 5.74) is 9.11. The van der Waals surface area contributed by atoms with E-state index in [2.05, 4.69) is 124 Å². The topological polar surface area (TPSA) is 35.6 Å². The van der Waals surface area contributed by atoms with Gasteiger partial charge in [0.15, 0.2) is 0 Å². The van der Waals surface area contributed by atoms with Crippen molar-refractivity contribution in [1.29, 1.82) is 0 Å². The number of hydrogen-bond acceptors (Lipinski definition) is 2. The molecule has 0 N–H and O–H groups in total. The van der Waals surface area contributed by atoms with Gasteiger partial charge in [0.25, 0.3) is 0 Å². The number of pyridine rings is 2. The molecule has 0 fully saturated rings. The van der Waals surface area contributed by atoms with Gasteiger partial charge >= 0.3 is 0 Å². The van der Waals surface area contributed by atoms with E-state index < -0.39 is 0 Å². The fourth-order valence-corrected chi connectivity index (χ4v) is 6.58. The number of nitrogens with zero attached hydrogens (tertiary/aromatic N) is 4. The van der Waals surface area contributed by atoms with Crippen molar-refractivity contribution in [3.63, 3.8) is 0 Å². The summed E-state index contributed by atoms with van der Waals surface area (Å²) in [5.74, 6) is 0.893. The van der Waals surface area contributed by atoms with Crippen molar-refractivity contribution >= 4 is 54.5 Å². The van der Waals surface area contributed by atoms with Crippen LogP contribution in [-0.4, -0.2) is 19.1 Å². The van der Waals surface area contributed by atoms with Crippen LogP contribution >= 0.6 is 0 Å². The molecule has 0 saturated carbocycles. The highest BCUT2D eigenvalue weighted by atomic mass is 15.1. The second kappa shape index (κ2) is 8.88. The van der Waals surface area contributed by atoms with E-state index in [1.165, 1.54) is 27.2 Å². The Labute approximate surface area is 241 Å². The second-order valence-electron chi connectivity index (χ2n) is 10.7. The van der Waals surface area contributed by atoms with Gasteiger partial charge in [-0.3, -0.25) is 9.55 Å². The third-order valence-electron chi connectivity index (χ3n) is 8.40. The smallest absolute Gasteiger partial charge is 0.137 e. The maximum atomic E-state index is 4.80. The van der Waals surface area contributed by atoms with E-state index in [4.69, 9.17) is 9.97 Å². The molecule has 0 bridgehead atoms. The standard InChI is InChI=1S/C38H24N4/c1-3-14-32-29(12-1)30-13-2-4-15-33(30)41(32)28-11-7-9-26(23-28)27-17-19-31-35(24-27)42(36-16-5-6-21-39-36)34-20-18-25-10-8-22-40-38(25)37(31)34/h1-24H. The van der Waals surface area contributed by atoms with E-state index in [1.54, 1.807) is 0 Å². The van der Waals surface area contributed by atoms with Gasteiger partial charge in [0.1, 0.15) is 5.82 Å². The molecule has 0 amide bonds. The lowest BCUT2D eigenvalue weighted by molar-refractivity contribution is 1.08. The molecule has 9 rings (SSSR count). The zero-order valence-corrected chi connectivity index (χ0v) is 22.6. The molecule has 0 aliphatic rings. The predicted octanol–water partition coefficient (Wildman–Crippen LogP) is 9.49. The van der Waals surface area contributed by atoms with Gasteiger partial charge in [-0.2, -0.15) is 0 Å². The van der Waals surface area contributed by atoms with Crippen LogP contribution in [0.1, 0.15) is 0 Å². The van der Waals surface area contributed by atoms with Gasteiger partial charge in [-0.15, -0.1) is 0 Å². The Balaban J connectivity index is 1.30. The molecule has 4 heterocycles. The zero-order chi connectivity index (χ0) is 27.6. The van der Waals surface area contributed by atoms with Gasteiger partial charge < -0.3 is 4.57 Å². The van der Waals surface area contributed by atoms with Crippen LogP contribution < -0.4 is 0 Å². The largest absolute Gasteiger partial charge is 0.309 e. The first-order valence-corrected chi connectivity index (χ1v) is 14.2. The number of hydrogen-bond donors (Lipinski definition) is 0. The highest BCUT2D eigenvalue weighted by molar-refractivity contribution is 6.20. The van der Waals surface area contributed by atoms with Crippen molar-refractivity contribution in [3.8, 4) is 22.6 Å². The van der Waals surface area contributed by atoms with Crippen molar-refractivity contribution in [2.75, 3.05) is 0 Å². The molecule has 0 atom stereocenters. The van der Waals surface area contributed by atoms with E-state index in [9.17, 15) is 0 Å². The van der Waals surface area contributed by atoms with Crippen LogP contribution in [0.4, 0.5) is 0 Å². The van der Waals surface area contributed by atoms with Crippen LogP contribution in [0.3, 0.4) is 0 Å². The Hall–Kier alpha value is -5.74. The molecule has 0 aliphatic heterocycles. The molecule has 196 valence electrons. The molecule has 42 heavy (non-hydrogen) atoms. The minimum atomic E-state index is 0.893. The Kier molecular flexibility index (Phi) is 4.87. The molecule has 4 nitrogen and oxygen atoms in total. The number of rotatable bonds is 3. The molecule has 9 aromatic rings. The second-order valence-corrected chi connectivity index (χ2v) is 10.7. The predicted molar refractivity (Wildman–Crippen MR) is 174 cm³/mol. The minimum absolute atomic E-state index is 0.893. The Morgan fingerprint density at radius 2 is 1.19 bits per heavy atom. The van der Waals surface area contributed by atoms with Gasteiger partial charge in [0.2, 0.25) is 0 Å². The summed E-state index contributed by atoms with van der Waals surface area (Å²) in [7, 11) is 0. The molecule has 0 radical (unpaired) electrons. The van der Waals surface area contributed by atoms with Gasteiger partial charge in [0.05, 0.1) is 27.6 Å². The van der Waals surface area contributed by atoms with E-state index >= 15 is 0 Å². The van der Waals surface area contributed by atoms with E-state index in [-0.39, 0.29) is 0 Å². The summed E-state index contributed by atoms with van der Waals surface area (Å²) in [6.45, 7) is 0. The average molecular weight is 537 g/mol. The fourth-order valence-electron chi connectivity index (χ4n) is 6.58. The summed E-state index contributed by atoms with van der Waals surface area (Å²) in [6.07, 6.45) is 3.73. The summed E-state index contributed by atoms with van der Waals surface area (Å²) in [4.78, 5) is 9.55. The Morgan fingerprint density at radius 1 is 0.429 bits per heavy atom. The summed E-state index contributed by atoms with van der Waals surface area (Å²) >= 11 is 0. The summed E-state index contributed by atoms with van der Waals surface area (Å²) in [6, 6.07) is 47.4. The lowest BCUT2D eigenvalue weighted by Crippen LogP contribution is -1.97. The van der Waals surface area contributed by atoms with E-state index in [0.29, 0.717) is 0 Å². The van der Waals surface area contributed by atoms with Crippen LogP contribution in [0.15, 0.2) is 146 Å². The van der Waals surface area contributed by atoms with Crippen LogP contribution in [0.2, 0.25) is 0 Å². The SMILES string of the molecule is c1ccc(-n2c3cc(-c4cccc(-n5c6ccccc6c6ccccc65)c4)ccc3c3c4ncccc4ccc32)nc1. The highest BCUT2D eigenvalue weighted by Crippen LogP contribution is 2.38. The maximum Gasteiger partial charge on any atom is 0.137 e. The maximum absolute atomic E-state index is 4.80. The van der Waals surface area contributed by atoms with Crippen LogP contribution in [0.5, 0.6) is 0 Å². The third-order valence-corrected chi connectivity index (χ3v) is 8.40. The molecular weight excluding hydrogens is 512 g/mol. The van der Waals surface area contributed by atoms with Gasteiger partial charge in [-0.05, 0) is 65.7 Å². The third kappa shape index (κ3) is 3.29. The molecule has 0 saturated heterocycles. The normalized spacial score (nSPS) is 11.8. The van der Waals surface area contributed by atoms with E-state index in [0.717, 1.165) is 50.0 Å². The number of benzene rings is 5. The van der Waals surface area contributed by atoms with Crippen LogP contribution in [-0.2, 0) is 0 Å². The lowest BCUT2D eigenvalue weighted by Gasteiger charge is -2.11. The molecule has 0 spiro atoms. The van der Waals surface area contributed by atoms with Crippen LogP contribution in [0.25, 0.3) is 77.1 Å². The average Bonchev–Trinajstić information content (AvgIpc) is 3.58. The van der Waals surface area contributed by atoms with Crippen molar-refractivity contribution in [3.05, 3.63) is 146 Å². The number of para-hydroxylation sites is 2. The van der Waals surface area contributed by atoms with Crippen molar-refractivity contribution in [1.82, 2.24) is 19.1 Å². The Bertz CT molecular complexity index is 2410. The quantitative estimate of drug-likeness (QED) is 0.225. The van der Waals surface area contributed by atoms with Gasteiger partial charge in [-0.25, -0.2) is 4.98 Å². The zero-order valence-electron chi connectivity index (χ0n) is 22.6. The van der Waals surface area contributed by atoms with Crippen molar-refractivity contribution < 1.29 is 0 Å². The van der Waals surface area contributed by atoms with Crippen LogP contribution in [0, 0.1) is 0 Å². The van der Waals surface area contributed by atoms with Crippen molar-refractivity contribution in [2.24, 2.45) is 0 Å². The lowest BCUT2D eigenvalue weighted by atomic mass is 10.0. The molecule has 4 heteroatoms. The number of fused-ring (bicyclic) bond motifs is 8.